The Kier molecular flexibility index (Phi) is 7.01. The van der Waals surface area contributed by atoms with Gasteiger partial charge in [-0.3, -0.25) is 4.79 Å². The third kappa shape index (κ3) is 6.22. The number of halogens is 1. The van der Waals surface area contributed by atoms with Gasteiger partial charge in [0.2, 0.25) is 5.91 Å². The number of aliphatic carboxylic acids is 1. The Hall–Kier alpha value is -3.30. The highest BCUT2D eigenvalue weighted by Crippen LogP contribution is 2.23. The van der Waals surface area contributed by atoms with E-state index in [1.807, 2.05) is 5.92 Å². The number of carbonyl (C=O) groups excluding carboxylic acids is 1. The summed E-state index contributed by atoms with van der Waals surface area (Å²) in [5.41, 5.74) is 6.54. The van der Waals surface area contributed by atoms with Gasteiger partial charge in [-0.25, -0.2) is 4.79 Å². The van der Waals surface area contributed by atoms with Crippen molar-refractivity contribution < 1.29 is 19.8 Å². The van der Waals surface area contributed by atoms with Crippen LogP contribution in [0.5, 0.6) is 5.75 Å². The van der Waals surface area contributed by atoms with E-state index in [4.69, 9.17) is 33.0 Å². The number of nitrogens with one attached hydrogen (secondary N) is 1. The minimum absolute atomic E-state index is 0.0586. The molecule has 2 aromatic rings. The van der Waals surface area contributed by atoms with Gasteiger partial charge in [-0.05, 0) is 35.9 Å². The quantitative estimate of drug-likeness (QED) is 0.492. The van der Waals surface area contributed by atoms with Crippen molar-refractivity contribution in [2.24, 2.45) is 5.73 Å². The van der Waals surface area contributed by atoms with Crippen molar-refractivity contribution in [3.63, 3.8) is 0 Å². The van der Waals surface area contributed by atoms with E-state index in [-0.39, 0.29) is 16.3 Å². The molecule has 6 nitrogen and oxygen atoms in total. The minimum atomic E-state index is -1.15. The average Bonchev–Trinajstić information content (AvgIpc) is 2.56. The van der Waals surface area contributed by atoms with E-state index in [0.29, 0.717) is 11.1 Å². The molecule has 5 N–H and O–H groups in total. The van der Waals surface area contributed by atoms with Crippen LogP contribution in [0.15, 0.2) is 42.5 Å². The number of primary amides is 1. The molecule has 0 spiro atoms. The van der Waals surface area contributed by atoms with E-state index in [0.717, 1.165) is 0 Å². The molecule has 0 bridgehead atoms. The van der Waals surface area contributed by atoms with Gasteiger partial charge in [0.15, 0.2) is 0 Å². The van der Waals surface area contributed by atoms with Crippen LogP contribution in [0.25, 0.3) is 0 Å². The molecule has 0 aromatic heterocycles. The van der Waals surface area contributed by atoms with E-state index < -0.39 is 11.9 Å². The maximum atomic E-state index is 10.5. The van der Waals surface area contributed by atoms with Gasteiger partial charge in [-0.2, -0.15) is 0 Å². The SMILES string of the molecule is N=Cc1cccc(C#CC(=O)O)c1.NC(=O)c1ccc(O)c(Cl)c1. The fourth-order valence-electron chi connectivity index (χ4n) is 1.49. The van der Waals surface area contributed by atoms with Crippen LogP contribution in [0.2, 0.25) is 5.02 Å². The maximum absolute atomic E-state index is 10.5. The van der Waals surface area contributed by atoms with Gasteiger partial charge in [0, 0.05) is 23.3 Å². The second-order valence-corrected chi connectivity index (χ2v) is 4.76. The molecular weight excluding hydrogens is 332 g/mol. The molecule has 0 saturated heterocycles. The Labute approximate surface area is 143 Å². The van der Waals surface area contributed by atoms with E-state index >= 15 is 0 Å². The van der Waals surface area contributed by atoms with Gasteiger partial charge >= 0.3 is 5.97 Å². The third-order valence-electron chi connectivity index (χ3n) is 2.60. The molecule has 7 heteroatoms. The molecule has 0 radical (unpaired) electrons. The van der Waals surface area contributed by atoms with Crippen LogP contribution in [-0.4, -0.2) is 28.3 Å². The predicted molar refractivity (Wildman–Crippen MR) is 90.5 cm³/mol. The predicted octanol–water partition coefficient (Wildman–Crippen LogP) is 2.26. The van der Waals surface area contributed by atoms with Crippen LogP contribution in [0.4, 0.5) is 0 Å². The van der Waals surface area contributed by atoms with Crippen LogP contribution < -0.4 is 5.73 Å². The lowest BCUT2D eigenvalue weighted by Crippen LogP contribution is -2.10. The Morgan fingerprint density at radius 3 is 2.46 bits per heavy atom. The van der Waals surface area contributed by atoms with Crippen molar-refractivity contribution in [2.45, 2.75) is 0 Å². The summed E-state index contributed by atoms with van der Waals surface area (Å²) in [6.07, 6.45) is 1.19. The first-order chi connectivity index (χ1) is 11.3. The largest absolute Gasteiger partial charge is 0.506 e. The van der Waals surface area contributed by atoms with E-state index in [1.165, 1.54) is 24.4 Å². The van der Waals surface area contributed by atoms with Crippen molar-refractivity contribution >= 4 is 29.7 Å². The van der Waals surface area contributed by atoms with Crippen LogP contribution >= 0.6 is 11.6 Å². The smallest absolute Gasteiger partial charge is 0.382 e. The second kappa shape index (κ2) is 8.98. The molecule has 0 atom stereocenters. The summed E-state index contributed by atoms with van der Waals surface area (Å²) >= 11 is 5.50. The summed E-state index contributed by atoms with van der Waals surface area (Å²) in [6, 6.07) is 10.9. The van der Waals surface area contributed by atoms with Gasteiger partial charge in [0.25, 0.3) is 0 Å². The fraction of sp³-hybridized carbons (Fsp3) is 0. The summed E-state index contributed by atoms with van der Waals surface area (Å²) < 4.78 is 0. The van der Waals surface area contributed by atoms with Crippen LogP contribution in [0, 0.1) is 17.3 Å². The molecule has 0 unspecified atom stereocenters. The Balaban J connectivity index is 0.000000243. The number of phenols is 1. The summed E-state index contributed by atoms with van der Waals surface area (Å²) in [5.74, 6) is 2.70. The number of aromatic hydroxyl groups is 1. The number of carboxylic acids is 1. The van der Waals surface area contributed by atoms with Gasteiger partial charge < -0.3 is 21.4 Å². The topological polar surface area (TPSA) is 124 Å². The van der Waals surface area contributed by atoms with Crippen molar-refractivity contribution in [3.05, 3.63) is 64.2 Å². The minimum Gasteiger partial charge on any atom is -0.506 e. The Morgan fingerprint density at radius 2 is 1.92 bits per heavy atom. The highest BCUT2D eigenvalue weighted by Gasteiger charge is 2.03. The number of rotatable bonds is 2. The first-order valence-electron chi connectivity index (χ1n) is 6.47. The summed E-state index contributed by atoms with van der Waals surface area (Å²) in [6.45, 7) is 0. The highest BCUT2D eigenvalue weighted by molar-refractivity contribution is 6.32. The number of phenolic OH excluding ortho intramolecular Hbond substituents is 1. The van der Waals surface area contributed by atoms with E-state index in [1.54, 1.807) is 24.3 Å². The van der Waals surface area contributed by atoms with Crippen molar-refractivity contribution in [3.8, 4) is 17.6 Å². The summed E-state index contributed by atoms with van der Waals surface area (Å²) in [7, 11) is 0. The molecule has 0 aliphatic carbocycles. The summed E-state index contributed by atoms with van der Waals surface area (Å²) in [4.78, 5) is 20.7. The van der Waals surface area contributed by atoms with E-state index in [2.05, 4.69) is 5.92 Å². The molecule has 0 heterocycles. The monoisotopic (exact) mass is 344 g/mol. The van der Waals surface area contributed by atoms with E-state index in [9.17, 15) is 9.59 Å². The van der Waals surface area contributed by atoms with Gasteiger partial charge in [-0.1, -0.05) is 29.7 Å². The molecule has 2 rings (SSSR count). The average molecular weight is 345 g/mol. The zero-order valence-electron chi connectivity index (χ0n) is 12.3. The number of hydrogen-bond donors (Lipinski definition) is 4. The molecule has 0 aliphatic rings. The van der Waals surface area contributed by atoms with Crippen molar-refractivity contribution in [1.29, 1.82) is 5.41 Å². The molecule has 24 heavy (non-hydrogen) atoms. The number of hydrogen-bond acceptors (Lipinski definition) is 4. The lowest BCUT2D eigenvalue weighted by Gasteiger charge is -1.97. The van der Waals surface area contributed by atoms with Crippen LogP contribution in [0.1, 0.15) is 21.5 Å². The van der Waals surface area contributed by atoms with Crippen molar-refractivity contribution in [1.82, 2.24) is 0 Å². The first-order valence-corrected chi connectivity index (χ1v) is 6.85. The maximum Gasteiger partial charge on any atom is 0.382 e. The normalized spacial score (nSPS) is 8.88. The van der Waals surface area contributed by atoms with Crippen LogP contribution in [-0.2, 0) is 4.79 Å². The molecule has 0 saturated carbocycles. The standard InChI is InChI=1S/C10H7NO2.C7H6ClNO2/c11-7-9-3-1-2-8(6-9)4-5-10(12)13;8-5-3-4(7(9)11)1-2-6(5)10/h1-3,6-7,11H,(H,12,13);1-3,10H,(H2,9,11). The molecule has 2 aromatic carbocycles. The molecule has 1 amide bonds. The molecular formula is C17H13ClN2O4. The van der Waals surface area contributed by atoms with Gasteiger partial charge in [0.05, 0.1) is 5.02 Å². The zero-order chi connectivity index (χ0) is 18.1. The van der Waals surface area contributed by atoms with Crippen molar-refractivity contribution in [2.75, 3.05) is 0 Å². The van der Waals surface area contributed by atoms with Crippen LogP contribution in [0.3, 0.4) is 0 Å². The van der Waals surface area contributed by atoms with Gasteiger partial charge in [0.1, 0.15) is 5.75 Å². The highest BCUT2D eigenvalue weighted by atomic mass is 35.5. The zero-order valence-corrected chi connectivity index (χ0v) is 13.0. The molecule has 0 aliphatic heterocycles. The Bertz CT molecular complexity index is 838. The number of benzene rings is 2. The molecule has 122 valence electrons. The number of nitrogens with two attached hydrogens (primary N) is 1. The lowest BCUT2D eigenvalue weighted by molar-refractivity contribution is -0.130. The fourth-order valence-corrected chi connectivity index (χ4v) is 1.67. The number of amides is 1. The van der Waals surface area contributed by atoms with Gasteiger partial charge in [-0.15, -0.1) is 0 Å². The lowest BCUT2D eigenvalue weighted by atomic mass is 10.1. The summed E-state index contributed by atoms with van der Waals surface area (Å²) in [5, 5.41) is 24.3. The first kappa shape index (κ1) is 18.7. The number of carboxylic acid groups (broad SMARTS) is 1. The third-order valence-corrected chi connectivity index (χ3v) is 2.90. The second-order valence-electron chi connectivity index (χ2n) is 4.36. The Morgan fingerprint density at radius 1 is 1.21 bits per heavy atom. The number of carbonyl (C=O) groups is 2. The molecule has 0 fully saturated rings.